The molecule has 0 bridgehead atoms. The highest BCUT2D eigenvalue weighted by Gasteiger charge is 2.21. The van der Waals surface area contributed by atoms with Crippen molar-refractivity contribution in [3.63, 3.8) is 0 Å². The van der Waals surface area contributed by atoms with E-state index in [1.54, 1.807) is 6.07 Å². The second-order valence-electron chi connectivity index (χ2n) is 4.21. The zero-order valence-electron chi connectivity index (χ0n) is 10.6. The van der Waals surface area contributed by atoms with Gasteiger partial charge in [-0.05, 0) is 29.8 Å². The zero-order chi connectivity index (χ0) is 14.8. The highest BCUT2D eigenvalue weighted by atomic mass is 35.5. The molecule has 0 unspecified atom stereocenters. The summed E-state index contributed by atoms with van der Waals surface area (Å²) in [7, 11) is -2.25. The van der Waals surface area contributed by atoms with E-state index in [0.717, 1.165) is 4.31 Å². The van der Waals surface area contributed by atoms with Crippen molar-refractivity contribution >= 4 is 21.6 Å². The number of sulfonamides is 1. The molecule has 1 heterocycles. The minimum Gasteiger partial charge on any atom is -0.243 e. The van der Waals surface area contributed by atoms with E-state index in [1.807, 2.05) is 0 Å². The van der Waals surface area contributed by atoms with Crippen molar-refractivity contribution in [3.05, 3.63) is 59.1 Å². The lowest BCUT2D eigenvalue weighted by atomic mass is 10.2. The number of aromatic nitrogens is 1. The average Bonchev–Trinajstić information content (AvgIpc) is 2.39. The van der Waals surface area contributed by atoms with Crippen molar-refractivity contribution in [3.8, 4) is 0 Å². The van der Waals surface area contributed by atoms with E-state index < -0.39 is 15.8 Å². The fraction of sp³-hybridized carbons (Fsp3) is 0.154. The fourth-order valence-electron chi connectivity index (χ4n) is 1.67. The predicted octanol–water partition coefficient (Wildman–Crippen LogP) is 2.69. The molecule has 1 aromatic heterocycles. The normalized spacial score (nSPS) is 11.8. The van der Waals surface area contributed by atoms with E-state index >= 15 is 0 Å². The van der Waals surface area contributed by atoms with E-state index in [0.29, 0.717) is 5.56 Å². The van der Waals surface area contributed by atoms with Crippen LogP contribution in [0.1, 0.15) is 5.56 Å². The Morgan fingerprint density at radius 2 is 2.05 bits per heavy atom. The second kappa shape index (κ2) is 5.87. The van der Waals surface area contributed by atoms with Gasteiger partial charge in [-0.15, -0.1) is 0 Å². The molecule has 0 saturated carbocycles. The maximum atomic E-state index is 13.1. The summed E-state index contributed by atoms with van der Waals surface area (Å²) in [5.41, 5.74) is 0.568. The molecule has 0 aliphatic carbocycles. The molecule has 20 heavy (non-hydrogen) atoms. The van der Waals surface area contributed by atoms with Gasteiger partial charge in [0.15, 0.2) is 0 Å². The van der Waals surface area contributed by atoms with Gasteiger partial charge in [0.1, 0.15) is 15.9 Å². The number of hydrogen-bond donors (Lipinski definition) is 0. The molecule has 0 aliphatic heterocycles. The molecule has 2 aromatic rings. The zero-order valence-corrected chi connectivity index (χ0v) is 12.2. The Hall–Kier alpha value is -1.50. The molecule has 0 fully saturated rings. The van der Waals surface area contributed by atoms with E-state index in [4.69, 9.17) is 11.6 Å². The molecule has 2 rings (SSSR count). The van der Waals surface area contributed by atoms with Gasteiger partial charge in [0.2, 0.25) is 10.0 Å². The molecule has 0 atom stereocenters. The van der Waals surface area contributed by atoms with Gasteiger partial charge < -0.3 is 0 Å². The Bertz CT molecular complexity index is 705. The van der Waals surface area contributed by atoms with Crippen molar-refractivity contribution in [2.24, 2.45) is 0 Å². The number of benzene rings is 1. The Labute approximate surface area is 121 Å². The fourth-order valence-corrected chi connectivity index (χ4v) is 2.89. The minimum absolute atomic E-state index is 0.0424. The lowest BCUT2D eigenvalue weighted by Gasteiger charge is -2.17. The van der Waals surface area contributed by atoms with Gasteiger partial charge in [-0.2, -0.15) is 4.31 Å². The van der Waals surface area contributed by atoms with Gasteiger partial charge in [0.25, 0.3) is 0 Å². The number of hydrogen-bond acceptors (Lipinski definition) is 3. The first kappa shape index (κ1) is 14.9. The van der Waals surface area contributed by atoms with Crippen LogP contribution < -0.4 is 0 Å². The SMILES string of the molecule is CN(Cc1cccc(F)c1)S(=O)(=O)c1ccc(Cl)nc1. The van der Waals surface area contributed by atoms with Crippen LogP contribution in [0.3, 0.4) is 0 Å². The van der Waals surface area contributed by atoms with Crippen LogP contribution in [0.5, 0.6) is 0 Å². The number of nitrogens with zero attached hydrogens (tertiary/aromatic N) is 2. The summed E-state index contributed by atoms with van der Waals surface area (Å²) in [6, 6.07) is 8.59. The summed E-state index contributed by atoms with van der Waals surface area (Å²) in [5.74, 6) is -0.401. The van der Waals surface area contributed by atoms with Crippen LogP contribution in [0.4, 0.5) is 4.39 Å². The maximum Gasteiger partial charge on any atom is 0.244 e. The van der Waals surface area contributed by atoms with E-state index in [1.165, 1.54) is 43.6 Å². The third-order valence-corrected chi connectivity index (χ3v) is 4.71. The van der Waals surface area contributed by atoms with Crippen molar-refractivity contribution in [2.75, 3.05) is 7.05 Å². The van der Waals surface area contributed by atoms with Crippen LogP contribution in [0.25, 0.3) is 0 Å². The van der Waals surface area contributed by atoms with Crippen molar-refractivity contribution < 1.29 is 12.8 Å². The molecule has 7 heteroatoms. The molecule has 1 aromatic carbocycles. The van der Waals surface area contributed by atoms with Gasteiger partial charge in [-0.1, -0.05) is 23.7 Å². The minimum atomic E-state index is -3.68. The van der Waals surface area contributed by atoms with Gasteiger partial charge in [-0.25, -0.2) is 17.8 Å². The first-order valence-corrected chi connectivity index (χ1v) is 7.54. The molecule has 0 aliphatic rings. The molecular weight excluding hydrogens is 303 g/mol. The monoisotopic (exact) mass is 314 g/mol. The Balaban J connectivity index is 2.23. The topological polar surface area (TPSA) is 50.3 Å². The summed E-state index contributed by atoms with van der Waals surface area (Å²) in [4.78, 5) is 3.79. The van der Waals surface area contributed by atoms with E-state index in [2.05, 4.69) is 4.98 Å². The highest BCUT2D eigenvalue weighted by molar-refractivity contribution is 7.89. The van der Waals surface area contributed by atoms with Crippen molar-refractivity contribution in [2.45, 2.75) is 11.4 Å². The number of rotatable bonds is 4. The first-order valence-electron chi connectivity index (χ1n) is 5.72. The molecule has 0 N–H and O–H groups in total. The molecule has 4 nitrogen and oxygen atoms in total. The molecule has 106 valence electrons. The number of halogens is 2. The third-order valence-electron chi connectivity index (χ3n) is 2.70. The van der Waals surface area contributed by atoms with Crippen molar-refractivity contribution in [1.82, 2.24) is 9.29 Å². The maximum absolute atomic E-state index is 13.1. The molecule has 0 saturated heterocycles. The van der Waals surface area contributed by atoms with Gasteiger partial charge >= 0.3 is 0 Å². The first-order chi connectivity index (χ1) is 9.39. The van der Waals surface area contributed by atoms with Crippen LogP contribution in [0.2, 0.25) is 5.15 Å². The second-order valence-corrected chi connectivity index (χ2v) is 6.64. The smallest absolute Gasteiger partial charge is 0.243 e. The summed E-state index contributed by atoms with van der Waals surface area (Å²) in [6.07, 6.45) is 1.19. The standard InChI is InChI=1S/C13H12ClFN2O2S/c1-17(9-10-3-2-4-11(15)7-10)20(18,19)12-5-6-13(14)16-8-12/h2-8H,9H2,1H3. The Morgan fingerprint density at radius 3 is 2.65 bits per heavy atom. The van der Waals surface area contributed by atoms with Crippen molar-refractivity contribution in [1.29, 1.82) is 0 Å². The molecule has 0 spiro atoms. The lowest BCUT2D eigenvalue weighted by Crippen LogP contribution is -2.26. The highest BCUT2D eigenvalue weighted by Crippen LogP contribution is 2.17. The largest absolute Gasteiger partial charge is 0.244 e. The van der Waals surface area contributed by atoms with Gasteiger partial charge in [-0.3, -0.25) is 0 Å². The van der Waals surface area contributed by atoms with E-state index in [9.17, 15) is 12.8 Å². The lowest BCUT2D eigenvalue weighted by molar-refractivity contribution is 0.465. The summed E-state index contributed by atoms with van der Waals surface area (Å²) in [6.45, 7) is 0.0721. The Morgan fingerprint density at radius 1 is 1.30 bits per heavy atom. The van der Waals surface area contributed by atoms with Gasteiger partial charge in [0, 0.05) is 19.8 Å². The molecular formula is C13H12ClFN2O2S. The molecule has 0 radical (unpaired) electrons. The van der Waals surface area contributed by atoms with Gasteiger partial charge in [0.05, 0.1) is 0 Å². The van der Waals surface area contributed by atoms with Crippen LogP contribution in [0, 0.1) is 5.82 Å². The quantitative estimate of drug-likeness (QED) is 0.815. The summed E-state index contributed by atoms with van der Waals surface area (Å²) in [5, 5.41) is 0.219. The average molecular weight is 315 g/mol. The summed E-state index contributed by atoms with van der Waals surface area (Å²) < 4.78 is 38.8. The van der Waals surface area contributed by atoms with Crippen LogP contribution in [-0.2, 0) is 16.6 Å². The van der Waals surface area contributed by atoms with Crippen LogP contribution in [-0.4, -0.2) is 24.8 Å². The van der Waals surface area contributed by atoms with E-state index in [-0.39, 0.29) is 16.6 Å². The summed E-state index contributed by atoms with van der Waals surface area (Å²) >= 11 is 5.63. The number of pyridine rings is 1. The molecule has 0 amide bonds. The predicted molar refractivity (Wildman–Crippen MR) is 74.3 cm³/mol. The Kier molecular flexibility index (Phi) is 4.37. The van der Waals surface area contributed by atoms with Crippen LogP contribution in [0.15, 0.2) is 47.5 Å². The van der Waals surface area contributed by atoms with Crippen LogP contribution >= 0.6 is 11.6 Å². The third kappa shape index (κ3) is 3.33.